The van der Waals surface area contributed by atoms with Crippen molar-refractivity contribution in [1.82, 2.24) is 20.6 Å². The summed E-state index contributed by atoms with van der Waals surface area (Å²) in [6.45, 7) is 0. The van der Waals surface area contributed by atoms with Crippen LogP contribution in [0, 0.1) is 21.4 Å². The second-order valence-electron chi connectivity index (χ2n) is 3.59. The van der Waals surface area contributed by atoms with Crippen molar-refractivity contribution in [2.45, 2.75) is 0 Å². The van der Waals surface area contributed by atoms with Crippen LogP contribution in [-0.4, -0.2) is 25.5 Å². The molecule has 0 aliphatic carbocycles. The molecule has 21 heavy (non-hydrogen) atoms. The molecule has 0 aliphatic heterocycles. The summed E-state index contributed by atoms with van der Waals surface area (Å²) in [4.78, 5) is 10.3. The van der Waals surface area contributed by atoms with Crippen molar-refractivity contribution in [3.8, 4) is 6.07 Å². The van der Waals surface area contributed by atoms with Gasteiger partial charge in [-0.2, -0.15) is 10.5 Å². The summed E-state index contributed by atoms with van der Waals surface area (Å²) < 4.78 is 0.255. The summed E-state index contributed by atoms with van der Waals surface area (Å²) in [6, 6.07) is 4.50. The summed E-state index contributed by atoms with van der Waals surface area (Å²) >= 11 is 9.03. The minimum atomic E-state index is -0.556. The third-order valence-corrected chi connectivity index (χ3v) is 3.26. The van der Waals surface area contributed by atoms with Gasteiger partial charge in [-0.3, -0.25) is 10.1 Å². The molecular weight excluding hydrogens is 366 g/mol. The number of aromatic nitrogens is 4. The molecule has 0 saturated carbocycles. The van der Waals surface area contributed by atoms with Crippen molar-refractivity contribution >= 4 is 44.5 Å². The van der Waals surface area contributed by atoms with Crippen molar-refractivity contribution in [1.29, 1.82) is 5.26 Å². The van der Waals surface area contributed by atoms with Crippen molar-refractivity contribution in [2.24, 2.45) is 0 Å². The highest BCUT2D eigenvalue weighted by Gasteiger charge is 2.15. The topological polar surface area (TPSA) is 133 Å². The summed E-state index contributed by atoms with van der Waals surface area (Å²) in [5.74, 6) is 0.0905. The second kappa shape index (κ2) is 6.29. The highest BCUT2D eigenvalue weighted by molar-refractivity contribution is 9.10. The van der Waals surface area contributed by atoms with Crippen LogP contribution in [0.3, 0.4) is 0 Å². The maximum atomic E-state index is 10.9. The van der Waals surface area contributed by atoms with Gasteiger partial charge in [0.05, 0.1) is 20.1 Å². The number of H-pyrrole nitrogens is 1. The number of tetrazole rings is 1. The molecule has 11 heteroatoms. The van der Waals surface area contributed by atoms with Gasteiger partial charge >= 0.3 is 0 Å². The molecule has 2 rings (SSSR count). The molecule has 1 aromatic carbocycles. The molecule has 0 radical (unpaired) electrons. The number of rotatable bonds is 4. The number of nitro groups is 1. The maximum Gasteiger partial charge on any atom is 0.285 e. The Hall–Kier alpha value is -2.51. The smallest absolute Gasteiger partial charge is 0.285 e. The number of nitrogens with zero attached hydrogens (tertiary/aromatic N) is 5. The van der Waals surface area contributed by atoms with E-state index in [9.17, 15) is 10.1 Å². The Morgan fingerprint density at radius 1 is 1.62 bits per heavy atom. The fourth-order valence-corrected chi connectivity index (χ4v) is 2.20. The van der Waals surface area contributed by atoms with Gasteiger partial charge in [0, 0.05) is 12.3 Å². The maximum absolute atomic E-state index is 10.9. The van der Waals surface area contributed by atoms with Crippen LogP contribution in [0.5, 0.6) is 0 Å². The first-order chi connectivity index (χ1) is 10.0. The lowest BCUT2D eigenvalue weighted by molar-refractivity contribution is -0.385. The van der Waals surface area contributed by atoms with E-state index < -0.39 is 4.92 Å². The summed E-state index contributed by atoms with van der Waals surface area (Å²) in [5, 5.41) is 35.7. The third kappa shape index (κ3) is 3.33. The Bertz CT molecular complexity index is 754. The standard InChI is InChI=1S/C10H5BrClN7O2/c11-6-1-7(12)8(2-9(6)19(20)21)14-4-5(3-13)10-15-17-18-16-10/h1-2,4,14H,(H,15,16,17,18). The Morgan fingerprint density at radius 2 is 2.38 bits per heavy atom. The number of benzene rings is 1. The number of nitriles is 1. The Morgan fingerprint density at radius 3 is 2.95 bits per heavy atom. The second-order valence-corrected chi connectivity index (χ2v) is 4.85. The largest absolute Gasteiger partial charge is 0.359 e. The van der Waals surface area contributed by atoms with Gasteiger partial charge in [-0.25, -0.2) is 0 Å². The van der Waals surface area contributed by atoms with E-state index in [4.69, 9.17) is 16.9 Å². The molecule has 0 saturated heterocycles. The highest BCUT2D eigenvalue weighted by atomic mass is 79.9. The van der Waals surface area contributed by atoms with Crippen molar-refractivity contribution < 1.29 is 4.92 Å². The zero-order valence-electron chi connectivity index (χ0n) is 10.0. The van der Waals surface area contributed by atoms with Crippen LogP contribution in [0.4, 0.5) is 11.4 Å². The molecule has 0 fully saturated rings. The number of hydrogen-bond acceptors (Lipinski definition) is 7. The van der Waals surface area contributed by atoms with Crippen molar-refractivity contribution in [3.63, 3.8) is 0 Å². The first-order valence-corrected chi connectivity index (χ1v) is 6.44. The van der Waals surface area contributed by atoms with E-state index in [0.29, 0.717) is 0 Å². The van der Waals surface area contributed by atoms with Crippen LogP contribution in [-0.2, 0) is 0 Å². The number of allylic oxidation sites excluding steroid dienone is 1. The quantitative estimate of drug-likeness (QED) is 0.479. The van der Waals surface area contributed by atoms with Crippen LogP contribution >= 0.6 is 27.5 Å². The first-order valence-electron chi connectivity index (χ1n) is 5.27. The zero-order chi connectivity index (χ0) is 15.4. The average molecular weight is 371 g/mol. The van der Waals surface area contributed by atoms with Gasteiger partial charge in [0.1, 0.15) is 11.6 Å². The Balaban J connectivity index is 2.34. The number of nitrogens with one attached hydrogen (secondary N) is 2. The van der Waals surface area contributed by atoms with Gasteiger partial charge < -0.3 is 5.32 Å². The summed E-state index contributed by atoms with van der Waals surface area (Å²) in [6.07, 6.45) is 1.28. The molecule has 106 valence electrons. The number of hydrogen-bond donors (Lipinski definition) is 2. The number of anilines is 1. The predicted octanol–water partition coefficient (Wildman–Crippen LogP) is 2.50. The van der Waals surface area contributed by atoms with E-state index in [1.807, 2.05) is 6.07 Å². The normalized spacial score (nSPS) is 11.0. The summed E-state index contributed by atoms with van der Waals surface area (Å²) in [7, 11) is 0. The fourth-order valence-electron chi connectivity index (χ4n) is 1.36. The SMILES string of the molecule is N#CC(=CNc1cc([N+](=O)[O-])c(Br)cc1Cl)c1nn[nH]n1. The molecule has 1 aromatic heterocycles. The monoisotopic (exact) mass is 369 g/mol. The number of halogens is 2. The van der Waals surface area contributed by atoms with Gasteiger partial charge in [-0.15, -0.1) is 10.2 Å². The lowest BCUT2D eigenvalue weighted by Gasteiger charge is -2.05. The zero-order valence-corrected chi connectivity index (χ0v) is 12.4. The first kappa shape index (κ1) is 14.9. The Labute approximate surface area is 130 Å². The molecule has 2 aromatic rings. The van der Waals surface area contributed by atoms with Crippen LogP contribution in [0.15, 0.2) is 22.8 Å². The molecule has 0 bridgehead atoms. The van der Waals surface area contributed by atoms with Crippen LogP contribution in [0.2, 0.25) is 5.02 Å². The molecule has 2 N–H and O–H groups in total. The molecule has 9 nitrogen and oxygen atoms in total. The lowest BCUT2D eigenvalue weighted by atomic mass is 10.2. The van der Waals surface area contributed by atoms with Crippen LogP contribution < -0.4 is 5.32 Å². The van der Waals surface area contributed by atoms with E-state index in [2.05, 4.69) is 41.9 Å². The van der Waals surface area contributed by atoms with E-state index in [1.165, 1.54) is 18.3 Å². The number of nitro benzene ring substituents is 1. The molecular formula is C10H5BrClN7O2. The molecule has 0 amide bonds. The van der Waals surface area contributed by atoms with Crippen LogP contribution in [0.25, 0.3) is 5.57 Å². The van der Waals surface area contributed by atoms with Gasteiger partial charge in [-0.1, -0.05) is 11.6 Å². The van der Waals surface area contributed by atoms with Gasteiger partial charge in [0.2, 0.25) is 5.82 Å². The molecule has 0 spiro atoms. The van der Waals surface area contributed by atoms with Crippen LogP contribution in [0.1, 0.15) is 5.82 Å². The van der Waals surface area contributed by atoms with Gasteiger partial charge in [-0.05, 0) is 27.2 Å². The average Bonchev–Trinajstić information content (AvgIpc) is 2.95. The third-order valence-electron chi connectivity index (χ3n) is 2.31. The van der Waals surface area contributed by atoms with E-state index >= 15 is 0 Å². The molecule has 0 atom stereocenters. The highest BCUT2D eigenvalue weighted by Crippen LogP contribution is 2.34. The van der Waals surface area contributed by atoms with Crippen molar-refractivity contribution in [3.05, 3.63) is 43.8 Å². The predicted molar refractivity (Wildman–Crippen MR) is 77.2 cm³/mol. The Kier molecular flexibility index (Phi) is 4.46. The molecule has 1 heterocycles. The van der Waals surface area contributed by atoms with E-state index in [1.54, 1.807) is 0 Å². The minimum Gasteiger partial charge on any atom is -0.359 e. The van der Waals surface area contributed by atoms with Gasteiger partial charge in [0.15, 0.2) is 0 Å². The number of aromatic amines is 1. The van der Waals surface area contributed by atoms with Gasteiger partial charge in [0.25, 0.3) is 5.69 Å². The molecule has 0 unspecified atom stereocenters. The van der Waals surface area contributed by atoms with Crippen molar-refractivity contribution in [2.75, 3.05) is 5.32 Å². The minimum absolute atomic E-state index is 0.0883. The fraction of sp³-hybridized carbons (Fsp3) is 0. The van der Waals surface area contributed by atoms with E-state index in [-0.39, 0.29) is 32.3 Å². The summed E-state index contributed by atoms with van der Waals surface area (Å²) in [5.41, 5.74) is 0.196. The van der Waals surface area contributed by atoms with E-state index in [0.717, 1.165) is 0 Å². The molecule has 0 aliphatic rings. The lowest BCUT2D eigenvalue weighted by Crippen LogP contribution is -1.96.